The Hall–Kier alpha value is -1.36. The number of carbonyl (C=O) groups is 1. The molecule has 1 aromatic rings. The van der Waals surface area contributed by atoms with Crippen molar-refractivity contribution in [2.45, 2.75) is 25.8 Å². The van der Waals surface area contributed by atoms with E-state index in [1.165, 1.54) is 6.20 Å². The van der Waals surface area contributed by atoms with Gasteiger partial charge in [-0.25, -0.2) is 9.78 Å². The van der Waals surface area contributed by atoms with Crippen molar-refractivity contribution in [3.8, 4) is 0 Å². The predicted octanol–water partition coefficient (Wildman–Crippen LogP) is 1.28. The molecule has 1 aliphatic heterocycles. The minimum atomic E-state index is -0.450. The summed E-state index contributed by atoms with van der Waals surface area (Å²) in [6.45, 7) is 3.08. The number of esters is 1. The van der Waals surface area contributed by atoms with Crippen LogP contribution in [0.15, 0.2) is 10.6 Å². The highest BCUT2D eigenvalue weighted by atomic mass is 16.5. The number of ether oxygens (including phenoxy) is 1. The van der Waals surface area contributed by atoms with Crippen molar-refractivity contribution in [3.63, 3.8) is 0 Å². The molecule has 0 saturated carbocycles. The Labute approximate surface area is 87.8 Å². The molecule has 1 aromatic heterocycles. The normalized spacial score (nSPS) is 20.5. The van der Waals surface area contributed by atoms with Crippen LogP contribution < -0.4 is 5.32 Å². The molecule has 0 bridgehead atoms. The van der Waals surface area contributed by atoms with Gasteiger partial charge in [-0.05, 0) is 26.3 Å². The van der Waals surface area contributed by atoms with Crippen LogP contribution in [-0.4, -0.2) is 24.1 Å². The number of rotatable bonds is 3. The predicted molar refractivity (Wildman–Crippen MR) is 52.4 cm³/mol. The molecule has 1 unspecified atom stereocenters. The molecule has 0 spiro atoms. The van der Waals surface area contributed by atoms with Crippen LogP contribution in [0.1, 0.15) is 42.3 Å². The maximum absolute atomic E-state index is 11.3. The summed E-state index contributed by atoms with van der Waals surface area (Å²) in [7, 11) is 0. The van der Waals surface area contributed by atoms with Gasteiger partial charge in [-0.3, -0.25) is 0 Å². The summed E-state index contributed by atoms with van der Waals surface area (Å²) in [5.74, 6) is 0.311. The van der Waals surface area contributed by atoms with E-state index < -0.39 is 5.97 Å². The van der Waals surface area contributed by atoms with E-state index in [1.54, 1.807) is 6.92 Å². The van der Waals surface area contributed by atoms with Crippen molar-refractivity contribution < 1.29 is 13.9 Å². The molecule has 2 heterocycles. The number of nitrogens with one attached hydrogen (secondary N) is 1. The van der Waals surface area contributed by atoms with Gasteiger partial charge < -0.3 is 14.5 Å². The number of hydrogen-bond acceptors (Lipinski definition) is 5. The molecule has 82 valence electrons. The van der Waals surface area contributed by atoms with Crippen molar-refractivity contribution in [1.82, 2.24) is 10.3 Å². The first-order valence-electron chi connectivity index (χ1n) is 5.17. The fourth-order valence-corrected chi connectivity index (χ4v) is 1.64. The van der Waals surface area contributed by atoms with Gasteiger partial charge >= 0.3 is 5.97 Å². The van der Waals surface area contributed by atoms with Gasteiger partial charge in [-0.15, -0.1) is 0 Å². The van der Waals surface area contributed by atoms with E-state index >= 15 is 0 Å². The first-order valence-corrected chi connectivity index (χ1v) is 5.17. The molecule has 0 aromatic carbocycles. The molecule has 5 nitrogen and oxygen atoms in total. The van der Waals surface area contributed by atoms with Crippen LogP contribution in [0, 0.1) is 0 Å². The van der Waals surface area contributed by atoms with Crippen LogP contribution >= 0.6 is 0 Å². The average Bonchev–Trinajstić information content (AvgIpc) is 2.89. The lowest BCUT2D eigenvalue weighted by Crippen LogP contribution is -2.13. The van der Waals surface area contributed by atoms with Crippen molar-refractivity contribution in [3.05, 3.63) is 17.8 Å². The monoisotopic (exact) mass is 210 g/mol. The van der Waals surface area contributed by atoms with E-state index in [0.29, 0.717) is 12.5 Å². The van der Waals surface area contributed by atoms with Gasteiger partial charge in [0.05, 0.1) is 18.8 Å². The third kappa shape index (κ3) is 2.18. The molecule has 1 N–H and O–H groups in total. The largest absolute Gasteiger partial charge is 0.460 e. The van der Waals surface area contributed by atoms with Crippen molar-refractivity contribution in [1.29, 1.82) is 0 Å². The SMILES string of the molecule is CCOC(=O)c1cnc(C2CCCN2)o1. The lowest BCUT2D eigenvalue weighted by Gasteiger charge is -2.03. The molecule has 0 radical (unpaired) electrons. The van der Waals surface area contributed by atoms with E-state index in [2.05, 4.69) is 10.3 Å². The maximum Gasteiger partial charge on any atom is 0.375 e. The fraction of sp³-hybridized carbons (Fsp3) is 0.600. The first kappa shape index (κ1) is 10.2. The molecule has 1 fully saturated rings. The summed E-state index contributed by atoms with van der Waals surface area (Å²) in [5, 5.41) is 3.25. The quantitative estimate of drug-likeness (QED) is 0.761. The molecule has 1 atom stereocenters. The molecule has 2 rings (SSSR count). The minimum Gasteiger partial charge on any atom is -0.460 e. The van der Waals surface area contributed by atoms with Crippen LogP contribution in [0.2, 0.25) is 0 Å². The Bertz CT molecular complexity index is 342. The van der Waals surface area contributed by atoms with Crippen molar-refractivity contribution in [2.75, 3.05) is 13.2 Å². The summed E-state index contributed by atoms with van der Waals surface area (Å²) < 4.78 is 10.1. The average molecular weight is 210 g/mol. The van der Waals surface area contributed by atoms with Crippen LogP contribution in [0.5, 0.6) is 0 Å². The van der Waals surface area contributed by atoms with Gasteiger partial charge in [-0.2, -0.15) is 0 Å². The number of aromatic nitrogens is 1. The smallest absolute Gasteiger partial charge is 0.375 e. The summed E-state index contributed by atoms with van der Waals surface area (Å²) in [6, 6.07) is 0.146. The summed E-state index contributed by atoms with van der Waals surface area (Å²) in [4.78, 5) is 15.4. The highest BCUT2D eigenvalue weighted by Gasteiger charge is 2.23. The molecule has 1 aliphatic rings. The number of oxazole rings is 1. The van der Waals surface area contributed by atoms with E-state index in [0.717, 1.165) is 19.4 Å². The standard InChI is InChI=1S/C10H14N2O3/c1-2-14-10(13)8-6-12-9(15-8)7-4-3-5-11-7/h6-7,11H,2-5H2,1H3. The van der Waals surface area contributed by atoms with Gasteiger partial charge in [0, 0.05) is 0 Å². The van der Waals surface area contributed by atoms with E-state index in [-0.39, 0.29) is 11.8 Å². The Morgan fingerprint density at radius 1 is 1.80 bits per heavy atom. The van der Waals surface area contributed by atoms with E-state index in [1.807, 2.05) is 0 Å². The van der Waals surface area contributed by atoms with Crippen molar-refractivity contribution >= 4 is 5.97 Å². The molecule has 0 aliphatic carbocycles. The Morgan fingerprint density at radius 3 is 3.33 bits per heavy atom. The Balaban J connectivity index is 2.06. The molecule has 15 heavy (non-hydrogen) atoms. The highest BCUT2D eigenvalue weighted by Crippen LogP contribution is 2.22. The van der Waals surface area contributed by atoms with Crippen LogP contribution in [-0.2, 0) is 4.74 Å². The molecule has 1 saturated heterocycles. The van der Waals surface area contributed by atoms with Gasteiger partial charge in [0.15, 0.2) is 0 Å². The third-order valence-electron chi connectivity index (χ3n) is 2.36. The van der Waals surface area contributed by atoms with Crippen molar-refractivity contribution in [2.24, 2.45) is 0 Å². The summed E-state index contributed by atoms with van der Waals surface area (Å²) in [6.07, 6.45) is 3.54. The minimum absolute atomic E-state index is 0.146. The molecular formula is C10H14N2O3. The lowest BCUT2D eigenvalue weighted by molar-refractivity contribution is 0.0487. The zero-order valence-electron chi connectivity index (χ0n) is 8.66. The van der Waals surface area contributed by atoms with Gasteiger partial charge in [0.25, 0.3) is 0 Å². The number of hydrogen-bond donors (Lipinski definition) is 1. The third-order valence-corrected chi connectivity index (χ3v) is 2.36. The summed E-state index contributed by atoms with van der Waals surface area (Å²) in [5.41, 5.74) is 0. The second-order valence-electron chi connectivity index (χ2n) is 3.43. The second kappa shape index (κ2) is 4.44. The lowest BCUT2D eigenvalue weighted by atomic mass is 10.2. The number of carbonyl (C=O) groups excluding carboxylic acids is 1. The topological polar surface area (TPSA) is 64.4 Å². The van der Waals surface area contributed by atoms with Crippen LogP contribution in [0.3, 0.4) is 0 Å². The van der Waals surface area contributed by atoms with E-state index in [4.69, 9.17) is 9.15 Å². The summed E-state index contributed by atoms with van der Waals surface area (Å²) >= 11 is 0. The second-order valence-corrected chi connectivity index (χ2v) is 3.43. The van der Waals surface area contributed by atoms with Crippen LogP contribution in [0.25, 0.3) is 0 Å². The first-order chi connectivity index (χ1) is 7.31. The number of nitrogens with zero attached hydrogens (tertiary/aromatic N) is 1. The van der Waals surface area contributed by atoms with E-state index in [9.17, 15) is 4.79 Å². The van der Waals surface area contributed by atoms with Crippen LogP contribution in [0.4, 0.5) is 0 Å². The molecular weight excluding hydrogens is 196 g/mol. The zero-order chi connectivity index (χ0) is 10.7. The van der Waals surface area contributed by atoms with Gasteiger partial charge in [0.2, 0.25) is 11.7 Å². The molecule has 0 amide bonds. The maximum atomic E-state index is 11.3. The highest BCUT2D eigenvalue weighted by molar-refractivity contribution is 5.85. The Kier molecular flexibility index (Phi) is 3.01. The van der Waals surface area contributed by atoms with Gasteiger partial charge in [-0.1, -0.05) is 0 Å². The van der Waals surface area contributed by atoms with Gasteiger partial charge in [0.1, 0.15) is 0 Å². The fourth-order valence-electron chi connectivity index (χ4n) is 1.64. The zero-order valence-corrected chi connectivity index (χ0v) is 8.66. The Morgan fingerprint density at radius 2 is 2.67 bits per heavy atom. The molecule has 5 heteroatoms.